The Labute approximate surface area is 125 Å². The first-order valence-electron chi connectivity index (χ1n) is 7.38. The van der Waals surface area contributed by atoms with Crippen molar-refractivity contribution >= 4 is 17.5 Å². The molecule has 1 aromatic rings. The fourth-order valence-corrected chi connectivity index (χ4v) is 2.51. The van der Waals surface area contributed by atoms with Gasteiger partial charge in [0.1, 0.15) is 0 Å². The molecule has 114 valence electrons. The van der Waals surface area contributed by atoms with Crippen LogP contribution in [-0.2, 0) is 9.59 Å². The quantitative estimate of drug-likeness (QED) is 0.880. The van der Waals surface area contributed by atoms with E-state index in [9.17, 15) is 9.59 Å². The number of likely N-dealkylation sites (N-methyl/N-ethyl adjacent to an activating group) is 1. The number of aryl methyl sites for hydroxylation is 1. The van der Waals surface area contributed by atoms with Crippen LogP contribution in [-0.4, -0.2) is 43.4 Å². The van der Waals surface area contributed by atoms with Gasteiger partial charge >= 0.3 is 0 Å². The maximum atomic E-state index is 12.2. The molecule has 1 saturated heterocycles. The molecule has 21 heavy (non-hydrogen) atoms. The van der Waals surface area contributed by atoms with E-state index in [-0.39, 0.29) is 24.3 Å². The molecule has 2 N–H and O–H groups in total. The van der Waals surface area contributed by atoms with Crippen LogP contribution in [0.5, 0.6) is 0 Å². The smallest absolute Gasteiger partial charge is 0.243 e. The van der Waals surface area contributed by atoms with Gasteiger partial charge in [-0.2, -0.15) is 0 Å². The van der Waals surface area contributed by atoms with Crippen molar-refractivity contribution in [3.05, 3.63) is 29.8 Å². The molecular formula is C16H23N3O2. The van der Waals surface area contributed by atoms with Crippen molar-refractivity contribution in [2.24, 2.45) is 5.92 Å². The minimum atomic E-state index is -0.163. The Morgan fingerprint density at radius 3 is 2.48 bits per heavy atom. The fourth-order valence-electron chi connectivity index (χ4n) is 2.51. The summed E-state index contributed by atoms with van der Waals surface area (Å²) in [6, 6.07) is 7.61. The third kappa shape index (κ3) is 4.56. The number of carbonyl (C=O) groups is 2. The SMILES string of the molecule is Cc1ccc(NC(=O)CN(C)C(=O)C2CCNCC2)cc1. The van der Waals surface area contributed by atoms with E-state index in [1.54, 1.807) is 7.05 Å². The van der Waals surface area contributed by atoms with E-state index < -0.39 is 0 Å². The van der Waals surface area contributed by atoms with Gasteiger partial charge in [0.05, 0.1) is 6.54 Å². The second-order valence-corrected chi connectivity index (χ2v) is 5.63. The van der Waals surface area contributed by atoms with Crippen molar-refractivity contribution in [2.45, 2.75) is 19.8 Å². The Hall–Kier alpha value is -1.88. The van der Waals surface area contributed by atoms with E-state index in [0.29, 0.717) is 0 Å². The number of amides is 2. The molecule has 5 nitrogen and oxygen atoms in total. The number of nitrogens with one attached hydrogen (secondary N) is 2. The average molecular weight is 289 g/mol. The number of rotatable bonds is 4. The summed E-state index contributed by atoms with van der Waals surface area (Å²) in [5, 5.41) is 6.05. The predicted molar refractivity (Wildman–Crippen MR) is 83.0 cm³/mol. The second-order valence-electron chi connectivity index (χ2n) is 5.63. The van der Waals surface area contributed by atoms with E-state index in [4.69, 9.17) is 0 Å². The number of nitrogens with zero attached hydrogens (tertiary/aromatic N) is 1. The van der Waals surface area contributed by atoms with E-state index in [1.807, 2.05) is 31.2 Å². The predicted octanol–water partition coefficient (Wildman–Crippen LogP) is 1.39. The highest BCUT2D eigenvalue weighted by molar-refractivity contribution is 5.94. The Morgan fingerprint density at radius 2 is 1.86 bits per heavy atom. The van der Waals surface area contributed by atoms with Crippen LogP contribution in [0, 0.1) is 12.8 Å². The van der Waals surface area contributed by atoms with Gasteiger partial charge < -0.3 is 15.5 Å². The highest BCUT2D eigenvalue weighted by Crippen LogP contribution is 2.14. The number of hydrogen-bond acceptors (Lipinski definition) is 3. The highest BCUT2D eigenvalue weighted by atomic mass is 16.2. The van der Waals surface area contributed by atoms with E-state index in [0.717, 1.165) is 37.2 Å². The van der Waals surface area contributed by atoms with Gasteiger partial charge in [-0.25, -0.2) is 0 Å². The molecule has 0 spiro atoms. The monoisotopic (exact) mass is 289 g/mol. The Morgan fingerprint density at radius 1 is 1.24 bits per heavy atom. The zero-order valence-corrected chi connectivity index (χ0v) is 12.7. The summed E-state index contributed by atoms with van der Waals surface area (Å²) < 4.78 is 0. The molecule has 2 rings (SSSR count). The molecule has 2 amide bonds. The van der Waals surface area contributed by atoms with Crippen LogP contribution in [0.3, 0.4) is 0 Å². The van der Waals surface area contributed by atoms with Crippen molar-refractivity contribution in [2.75, 3.05) is 32.0 Å². The zero-order chi connectivity index (χ0) is 15.2. The van der Waals surface area contributed by atoms with Crippen LogP contribution in [0.1, 0.15) is 18.4 Å². The molecule has 1 aliphatic heterocycles. The van der Waals surface area contributed by atoms with Crippen molar-refractivity contribution < 1.29 is 9.59 Å². The number of carbonyl (C=O) groups excluding carboxylic acids is 2. The lowest BCUT2D eigenvalue weighted by molar-refractivity contribution is -0.137. The lowest BCUT2D eigenvalue weighted by atomic mass is 9.97. The van der Waals surface area contributed by atoms with Gasteiger partial charge in [-0.3, -0.25) is 9.59 Å². The summed E-state index contributed by atoms with van der Waals surface area (Å²) in [6.45, 7) is 3.84. The standard InChI is InChI=1S/C16H23N3O2/c1-12-3-5-14(6-4-12)18-15(20)11-19(2)16(21)13-7-9-17-10-8-13/h3-6,13,17H,7-11H2,1-2H3,(H,18,20). The zero-order valence-electron chi connectivity index (χ0n) is 12.7. The topological polar surface area (TPSA) is 61.4 Å². The highest BCUT2D eigenvalue weighted by Gasteiger charge is 2.24. The van der Waals surface area contributed by atoms with Crippen LogP contribution in [0.2, 0.25) is 0 Å². The molecule has 1 heterocycles. The first kappa shape index (κ1) is 15.5. The fraction of sp³-hybridized carbons (Fsp3) is 0.500. The molecule has 1 aliphatic rings. The summed E-state index contributed by atoms with van der Waals surface area (Å²) in [4.78, 5) is 25.8. The van der Waals surface area contributed by atoms with Crippen LogP contribution in [0.4, 0.5) is 5.69 Å². The van der Waals surface area contributed by atoms with Gasteiger partial charge in [0.2, 0.25) is 11.8 Å². The maximum Gasteiger partial charge on any atom is 0.243 e. The van der Waals surface area contributed by atoms with Crippen molar-refractivity contribution in [1.82, 2.24) is 10.2 Å². The number of hydrogen-bond donors (Lipinski definition) is 2. The van der Waals surface area contributed by atoms with Gasteiger partial charge in [0, 0.05) is 18.7 Å². The first-order chi connectivity index (χ1) is 10.1. The normalized spacial score (nSPS) is 15.5. The summed E-state index contributed by atoms with van der Waals surface area (Å²) in [7, 11) is 1.69. The van der Waals surface area contributed by atoms with Gasteiger partial charge in [-0.15, -0.1) is 0 Å². The molecule has 0 atom stereocenters. The van der Waals surface area contributed by atoms with Crippen LogP contribution < -0.4 is 10.6 Å². The molecule has 5 heteroatoms. The van der Waals surface area contributed by atoms with E-state index >= 15 is 0 Å². The molecule has 0 aliphatic carbocycles. The number of benzene rings is 1. The third-order valence-electron chi connectivity index (χ3n) is 3.78. The minimum Gasteiger partial charge on any atom is -0.336 e. The largest absolute Gasteiger partial charge is 0.336 e. The Kier molecular flexibility index (Phi) is 5.33. The summed E-state index contributed by atoms with van der Waals surface area (Å²) >= 11 is 0. The Balaban J connectivity index is 1.83. The second kappa shape index (κ2) is 7.22. The molecule has 1 fully saturated rings. The molecule has 0 unspecified atom stereocenters. The third-order valence-corrected chi connectivity index (χ3v) is 3.78. The molecule has 0 saturated carbocycles. The van der Waals surface area contributed by atoms with E-state index in [2.05, 4.69) is 10.6 Å². The lowest BCUT2D eigenvalue weighted by Crippen LogP contribution is -2.42. The number of anilines is 1. The summed E-state index contributed by atoms with van der Waals surface area (Å²) in [6.07, 6.45) is 1.70. The molecule has 1 aromatic carbocycles. The molecule has 0 radical (unpaired) electrons. The maximum absolute atomic E-state index is 12.2. The summed E-state index contributed by atoms with van der Waals surface area (Å²) in [5.74, 6) is -0.0531. The average Bonchev–Trinajstić information content (AvgIpc) is 2.49. The van der Waals surface area contributed by atoms with Crippen LogP contribution in [0.15, 0.2) is 24.3 Å². The van der Waals surface area contributed by atoms with Crippen LogP contribution >= 0.6 is 0 Å². The van der Waals surface area contributed by atoms with Gasteiger partial charge in [-0.05, 0) is 45.0 Å². The minimum absolute atomic E-state index is 0.0448. The van der Waals surface area contributed by atoms with Crippen molar-refractivity contribution in [1.29, 1.82) is 0 Å². The van der Waals surface area contributed by atoms with Crippen molar-refractivity contribution in [3.63, 3.8) is 0 Å². The Bertz CT molecular complexity index is 493. The molecule has 0 bridgehead atoms. The molecular weight excluding hydrogens is 266 g/mol. The van der Waals surface area contributed by atoms with Gasteiger partial charge in [0.15, 0.2) is 0 Å². The first-order valence-corrected chi connectivity index (χ1v) is 7.38. The van der Waals surface area contributed by atoms with Gasteiger partial charge in [-0.1, -0.05) is 17.7 Å². The lowest BCUT2D eigenvalue weighted by Gasteiger charge is -2.26. The number of piperidine rings is 1. The van der Waals surface area contributed by atoms with Crippen molar-refractivity contribution in [3.8, 4) is 0 Å². The van der Waals surface area contributed by atoms with Gasteiger partial charge in [0.25, 0.3) is 0 Å². The molecule has 0 aromatic heterocycles. The van der Waals surface area contributed by atoms with Crippen LogP contribution in [0.25, 0.3) is 0 Å². The van der Waals surface area contributed by atoms with E-state index in [1.165, 1.54) is 4.90 Å². The summed E-state index contributed by atoms with van der Waals surface area (Å²) in [5.41, 5.74) is 1.90.